The fourth-order valence-corrected chi connectivity index (χ4v) is 4.51. The van der Waals surface area contributed by atoms with Crippen molar-refractivity contribution in [2.75, 3.05) is 0 Å². The number of rotatable bonds is 1. The van der Waals surface area contributed by atoms with Gasteiger partial charge >= 0.3 is 11.9 Å². The van der Waals surface area contributed by atoms with Crippen molar-refractivity contribution in [1.29, 1.82) is 0 Å². The zero-order chi connectivity index (χ0) is 22.1. The Labute approximate surface area is 185 Å². The number of phenols is 2. The number of halogens is 2. The first-order valence-corrected chi connectivity index (χ1v) is 9.78. The molecule has 0 amide bonds. The normalized spacial score (nSPS) is 18.0. The molecule has 0 aromatic heterocycles. The monoisotopic (exact) mass is 458 g/mol. The van der Waals surface area contributed by atoms with Crippen molar-refractivity contribution < 1.29 is 34.0 Å². The summed E-state index contributed by atoms with van der Waals surface area (Å²) in [5.41, 5.74) is -0.413. The lowest BCUT2D eigenvalue weighted by Crippen LogP contribution is -2.33. The van der Waals surface area contributed by atoms with Gasteiger partial charge < -0.3 is 24.4 Å². The summed E-state index contributed by atoms with van der Waals surface area (Å²) in [5.74, 6) is -2.53. The summed E-state index contributed by atoms with van der Waals surface area (Å²) in [6.45, 7) is 1.14. The average molecular weight is 459 g/mol. The summed E-state index contributed by atoms with van der Waals surface area (Å²) in [4.78, 5) is 24.5. The standard InChI is InChI=1S/C22H12Cl2O7/c1-9(25)29-20-18(27)17(24)16(23)15-19(20)30-14-8-10(26)6-7-13(14)22(15)12-5-3-2-4-11(12)21(28)31-22/h2-8,26-27H,1H3. The van der Waals surface area contributed by atoms with Crippen LogP contribution in [-0.4, -0.2) is 22.2 Å². The molecule has 2 aliphatic rings. The third-order valence-corrected chi connectivity index (χ3v) is 6.04. The fourth-order valence-electron chi connectivity index (χ4n) is 4.02. The number of ether oxygens (including phenoxy) is 3. The van der Waals surface area contributed by atoms with E-state index < -0.39 is 23.3 Å². The van der Waals surface area contributed by atoms with E-state index in [0.717, 1.165) is 6.92 Å². The third kappa shape index (κ3) is 2.54. The minimum absolute atomic E-state index is 0.0877. The maximum atomic E-state index is 12.8. The molecule has 0 aliphatic carbocycles. The molecule has 3 aromatic carbocycles. The number of carbonyl (C=O) groups is 2. The van der Waals surface area contributed by atoms with Crippen molar-refractivity contribution >= 4 is 35.1 Å². The predicted molar refractivity (Wildman–Crippen MR) is 109 cm³/mol. The molecule has 1 atom stereocenters. The van der Waals surface area contributed by atoms with E-state index in [1.807, 2.05) is 0 Å². The average Bonchev–Trinajstić information content (AvgIpc) is 3.02. The second-order valence-corrected chi connectivity index (χ2v) is 7.76. The van der Waals surface area contributed by atoms with Gasteiger partial charge in [0.05, 0.1) is 16.1 Å². The molecular weight excluding hydrogens is 447 g/mol. The molecule has 2 N–H and O–H groups in total. The van der Waals surface area contributed by atoms with Crippen LogP contribution in [0.5, 0.6) is 28.7 Å². The Morgan fingerprint density at radius 3 is 2.55 bits per heavy atom. The maximum absolute atomic E-state index is 12.8. The molecule has 0 fully saturated rings. The second-order valence-electron chi connectivity index (χ2n) is 7.00. The van der Waals surface area contributed by atoms with Crippen LogP contribution in [-0.2, 0) is 15.1 Å². The molecule has 0 saturated heterocycles. The molecular formula is C22H12Cl2O7. The highest BCUT2D eigenvalue weighted by Crippen LogP contribution is 2.63. The van der Waals surface area contributed by atoms with Gasteiger partial charge in [-0.3, -0.25) is 4.79 Å². The molecule has 31 heavy (non-hydrogen) atoms. The largest absolute Gasteiger partial charge is 0.508 e. The predicted octanol–water partition coefficient (Wildman–Crippen LogP) is 4.90. The van der Waals surface area contributed by atoms with Crippen LogP contribution < -0.4 is 9.47 Å². The summed E-state index contributed by atoms with van der Waals surface area (Å²) in [6.07, 6.45) is 0. The molecule has 7 nitrogen and oxygen atoms in total. The van der Waals surface area contributed by atoms with Crippen molar-refractivity contribution in [3.05, 3.63) is 74.8 Å². The first-order valence-electron chi connectivity index (χ1n) is 9.02. The molecule has 9 heteroatoms. The van der Waals surface area contributed by atoms with Crippen LogP contribution in [0.4, 0.5) is 0 Å². The summed E-state index contributed by atoms with van der Waals surface area (Å²) in [7, 11) is 0. The Kier molecular flexibility index (Phi) is 4.12. The molecule has 2 aliphatic heterocycles. The van der Waals surface area contributed by atoms with E-state index in [4.69, 9.17) is 37.4 Å². The summed E-state index contributed by atoms with van der Waals surface area (Å²) >= 11 is 12.8. The quantitative estimate of drug-likeness (QED) is 0.394. The van der Waals surface area contributed by atoms with E-state index in [0.29, 0.717) is 16.7 Å². The van der Waals surface area contributed by atoms with E-state index in [-0.39, 0.29) is 38.6 Å². The number of benzene rings is 3. The maximum Gasteiger partial charge on any atom is 0.340 e. The molecule has 2 heterocycles. The van der Waals surface area contributed by atoms with E-state index in [9.17, 15) is 19.8 Å². The van der Waals surface area contributed by atoms with Crippen molar-refractivity contribution in [3.63, 3.8) is 0 Å². The van der Waals surface area contributed by atoms with Gasteiger partial charge in [0, 0.05) is 24.1 Å². The van der Waals surface area contributed by atoms with Crippen LogP contribution in [0.15, 0.2) is 42.5 Å². The van der Waals surface area contributed by atoms with Crippen LogP contribution in [0.1, 0.15) is 34.0 Å². The Bertz CT molecular complexity index is 1320. The lowest BCUT2D eigenvalue weighted by atomic mass is 9.77. The number of carbonyl (C=O) groups excluding carboxylic acids is 2. The molecule has 0 saturated carbocycles. The second kappa shape index (κ2) is 6.54. The van der Waals surface area contributed by atoms with E-state index >= 15 is 0 Å². The Balaban J connectivity index is 1.96. The van der Waals surface area contributed by atoms with Gasteiger partial charge in [-0.2, -0.15) is 0 Å². The number of aromatic hydroxyl groups is 2. The minimum atomic E-state index is -1.62. The lowest BCUT2D eigenvalue weighted by molar-refractivity contribution is -0.132. The van der Waals surface area contributed by atoms with Crippen molar-refractivity contribution in [2.45, 2.75) is 12.5 Å². The summed E-state index contributed by atoms with van der Waals surface area (Å²) in [5, 5.41) is 20.1. The number of hydrogen-bond donors (Lipinski definition) is 2. The van der Waals surface area contributed by atoms with E-state index in [1.165, 1.54) is 18.2 Å². The van der Waals surface area contributed by atoms with Crippen LogP contribution in [0.2, 0.25) is 10.0 Å². The highest BCUT2D eigenvalue weighted by Gasteiger charge is 2.56. The smallest absolute Gasteiger partial charge is 0.340 e. The molecule has 1 spiro atoms. The Hall–Kier alpha value is -3.42. The van der Waals surface area contributed by atoms with Gasteiger partial charge in [0.1, 0.15) is 16.5 Å². The van der Waals surface area contributed by atoms with Crippen LogP contribution in [0.3, 0.4) is 0 Å². The van der Waals surface area contributed by atoms with Gasteiger partial charge in [-0.25, -0.2) is 4.79 Å². The van der Waals surface area contributed by atoms with Crippen LogP contribution >= 0.6 is 23.2 Å². The highest BCUT2D eigenvalue weighted by molar-refractivity contribution is 6.44. The van der Waals surface area contributed by atoms with Crippen LogP contribution in [0, 0.1) is 0 Å². The molecule has 156 valence electrons. The van der Waals surface area contributed by atoms with Crippen LogP contribution in [0.25, 0.3) is 0 Å². The van der Waals surface area contributed by atoms with Gasteiger partial charge in [-0.1, -0.05) is 41.4 Å². The molecule has 3 aromatic rings. The van der Waals surface area contributed by atoms with Gasteiger partial charge in [-0.15, -0.1) is 0 Å². The zero-order valence-corrected chi connectivity index (χ0v) is 17.2. The fraction of sp³-hybridized carbons (Fsp3) is 0.0909. The molecule has 0 radical (unpaired) electrons. The zero-order valence-electron chi connectivity index (χ0n) is 15.7. The van der Waals surface area contributed by atoms with Gasteiger partial charge in [-0.05, 0) is 18.2 Å². The highest BCUT2D eigenvalue weighted by atomic mass is 35.5. The van der Waals surface area contributed by atoms with Gasteiger partial charge in [0.15, 0.2) is 17.1 Å². The van der Waals surface area contributed by atoms with Crippen molar-refractivity contribution in [2.24, 2.45) is 0 Å². The van der Waals surface area contributed by atoms with E-state index in [2.05, 4.69) is 0 Å². The first-order chi connectivity index (χ1) is 14.8. The number of phenolic OH excluding ortho intramolecular Hbond substituents is 2. The number of fused-ring (bicyclic) bond motifs is 6. The third-order valence-electron chi connectivity index (χ3n) is 5.19. The van der Waals surface area contributed by atoms with E-state index in [1.54, 1.807) is 24.3 Å². The number of hydrogen-bond acceptors (Lipinski definition) is 7. The molecule has 0 bridgehead atoms. The lowest BCUT2D eigenvalue weighted by Gasteiger charge is -2.37. The SMILES string of the molecule is CC(=O)Oc1c(O)c(Cl)c(Cl)c2c1Oc1cc(O)ccc1C21OC(=O)c2ccccc21. The van der Waals surface area contributed by atoms with Gasteiger partial charge in [0.2, 0.25) is 5.75 Å². The van der Waals surface area contributed by atoms with Crippen molar-refractivity contribution in [3.8, 4) is 28.7 Å². The minimum Gasteiger partial charge on any atom is -0.508 e. The number of esters is 2. The summed E-state index contributed by atoms with van der Waals surface area (Å²) < 4.78 is 17.0. The first kappa shape index (κ1) is 19.5. The van der Waals surface area contributed by atoms with Crippen molar-refractivity contribution in [1.82, 2.24) is 0 Å². The molecule has 1 unspecified atom stereocenters. The van der Waals surface area contributed by atoms with Gasteiger partial charge in [0.25, 0.3) is 0 Å². The Morgan fingerprint density at radius 1 is 1.06 bits per heavy atom. The molecule has 5 rings (SSSR count). The topological polar surface area (TPSA) is 102 Å². The Morgan fingerprint density at radius 2 is 1.81 bits per heavy atom. The summed E-state index contributed by atoms with van der Waals surface area (Å²) in [6, 6.07) is 11.0.